The number of nitrogen functional groups attached to an aromatic ring is 1. The van der Waals surface area contributed by atoms with Crippen LogP contribution in [-0.2, 0) is 11.2 Å². The first-order valence-electron chi connectivity index (χ1n) is 11.7. The number of rotatable bonds is 4. The Morgan fingerprint density at radius 1 is 1.23 bits per heavy atom. The first-order valence-corrected chi connectivity index (χ1v) is 11.7. The molecule has 1 aromatic carbocycles. The molecule has 3 atom stereocenters. The van der Waals surface area contributed by atoms with Crippen LogP contribution in [0.5, 0.6) is 0 Å². The molecular formula is C24H30N8O3. The van der Waals surface area contributed by atoms with E-state index in [4.69, 9.17) is 5.73 Å². The van der Waals surface area contributed by atoms with Gasteiger partial charge in [-0.2, -0.15) is 0 Å². The highest BCUT2D eigenvalue weighted by atomic mass is 16.3. The summed E-state index contributed by atoms with van der Waals surface area (Å²) in [6, 6.07) is 3.55. The van der Waals surface area contributed by atoms with Gasteiger partial charge in [0.05, 0.1) is 35.1 Å². The van der Waals surface area contributed by atoms with Gasteiger partial charge in [0.15, 0.2) is 11.5 Å². The number of imidazole rings is 2. The minimum atomic E-state index is -1.31. The summed E-state index contributed by atoms with van der Waals surface area (Å²) in [5, 5.41) is 21.9. The number of H-pyrrole nitrogens is 1. The van der Waals surface area contributed by atoms with Crippen molar-refractivity contribution >= 4 is 33.9 Å². The number of aryl methyl sites for hydroxylation is 3. The summed E-state index contributed by atoms with van der Waals surface area (Å²) in [7, 11) is 0. The number of carbonyl (C=O) groups is 1. The van der Waals surface area contributed by atoms with E-state index in [9.17, 15) is 15.0 Å². The number of anilines is 1. The molecule has 35 heavy (non-hydrogen) atoms. The van der Waals surface area contributed by atoms with Gasteiger partial charge >= 0.3 is 0 Å². The van der Waals surface area contributed by atoms with Crippen LogP contribution in [0, 0.1) is 13.8 Å². The van der Waals surface area contributed by atoms with Gasteiger partial charge in [-0.3, -0.25) is 4.79 Å². The van der Waals surface area contributed by atoms with E-state index in [1.807, 2.05) is 19.9 Å². The maximum absolute atomic E-state index is 13.3. The van der Waals surface area contributed by atoms with Crippen LogP contribution < -0.4 is 5.73 Å². The highest BCUT2D eigenvalue weighted by Gasteiger charge is 2.42. The second-order valence-corrected chi connectivity index (χ2v) is 9.77. The number of amides is 1. The zero-order valence-corrected chi connectivity index (χ0v) is 20.1. The molecule has 0 radical (unpaired) electrons. The molecule has 11 nitrogen and oxygen atoms in total. The molecule has 0 aliphatic carbocycles. The van der Waals surface area contributed by atoms with Gasteiger partial charge < -0.3 is 30.4 Å². The number of aliphatic hydroxyl groups excluding tert-OH is 1. The van der Waals surface area contributed by atoms with Crippen molar-refractivity contribution in [2.75, 3.05) is 18.8 Å². The number of hydrogen-bond donors (Lipinski definition) is 4. The van der Waals surface area contributed by atoms with Gasteiger partial charge in [0.25, 0.3) is 0 Å². The summed E-state index contributed by atoms with van der Waals surface area (Å²) in [5.74, 6) is 0.860. The molecule has 1 fully saturated rings. The fraction of sp³-hybridized carbons (Fsp3) is 0.458. The number of carbonyl (C=O) groups excluding carboxylic acids is 1. The van der Waals surface area contributed by atoms with Crippen LogP contribution in [0.1, 0.15) is 42.8 Å². The number of fused-ring (bicyclic) bond motifs is 2. The zero-order valence-electron chi connectivity index (χ0n) is 20.1. The zero-order chi connectivity index (χ0) is 24.9. The van der Waals surface area contributed by atoms with Crippen molar-refractivity contribution in [3.63, 3.8) is 0 Å². The first-order chi connectivity index (χ1) is 16.6. The molecule has 1 saturated heterocycles. The topological polar surface area (TPSA) is 159 Å². The van der Waals surface area contributed by atoms with Crippen LogP contribution in [0.4, 0.5) is 5.82 Å². The van der Waals surface area contributed by atoms with Crippen LogP contribution in [-0.4, -0.2) is 75.3 Å². The van der Waals surface area contributed by atoms with Crippen LogP contribution in [0.15, 0.2) is 24.8 Å². The maximum atomic E-state index is 13.3. The van der Waals surface area contributed by atoms with E-state index in [0.717, 1.165) is 28.0 Å². The Bertz CT molecular complexity index is 1410. The van der Waals surface area contributed by atoms with Crippen molar-refractivity contribution < 1.29 is 15.0 Å². The van der Waals surface area contributed by atoms with Crippen molar-refractivity contribution in [3.05, 3.63) is 41.7 Å². The Morgan fingerprint density at radius 3 is 2.83 bits per heavy atom. The SMILES string of the molecule is Cc1cc(C)c2nc(CCC(=O)N3C[C@H](O)C[C@](C)(O)[C@@H](n4cnc5c(N)ncnc54)C3)[nH]c2c1. The number of aromatic amines is 1. The molecule has 1 amide bonds. The van der Waals surface area contributed by atoms with Crippen LogP contribution >= 0.6 is 0 Å². The predicted octanol–water partition coefficient (Wildman–Crippen LogP) is 1.42. The van der Waals surface area contributed by atoms with Crippen molar-refractivity contribution in [2.45, 2.75) is 57.8 Å². The molecule has 5 N–H and O–H groups in total. The molecule has 11 heteroatoms. The average molecular weight is 479 g/mol. The molecule has 5 rings (SSSR count). The number of benzene rings is 1. The minimum Gasteiger partial charge on any atom is -0.391 e. The lowest BCUT2D eigenvalue weighted by atomic mass is 9.91. The largest absolute Gasteiger partial charge is 0.391 e. The summed E-state index contributed by atoms with van der Waals surface area (Å²) >= 11 is 0. The van der Waals surface area contributed by atoms with Crippen molar-refractivity contribution in [1.82, 2.24) is 34.4 Å². The summed E-state index contributed by atoms with van der Waals surface area (Å²) in [4.78, 5) is 35.4. The Morgan fingerprint density at radius 2 is 2.03 bits per heavy atom. The van der Waals surface area contributed by atoms with Gasteiger partial charge in [0, 0.05) is 32.4 Å². The monoisotopic (exact) mass is 478 g/mol. The lowest BCUT2D eigenvalue weighted by Gasteiger charge is -2.34. The molecule has 1 aliphatic rings. The van der Waals surface area contributed by atoms with Gasteiger partial charge in [-0.05, 0) is 38.0 Å². The molecule has 0 bridgehead atoms. The van der Waals surface area contributed by atoms with E-state index < -0.39 is 17.7 Å². The normalized spacial score (nSPS) is 23.2. The van der Waals surface area contributed by atoms with E-state index in [1.54, 1.807) is 22.7 Å². The summed E-state index contributed by atoms with van der Waals surface area (Å²) < 4.78 is 1.72. The van der Waals surface area contributed by atoms with Crippen LogP contribution in [0.3, 0.4) is 0 Å². The van der Waals surface area contributed by atoms with E-state index in [-0.39, 0.29) is 37.7 Å². The first kappa shape index (κ1) is 23.2. The fourth-order valence-electron chi connectivity index (χ4n) is 5.13. The van der Waals surface area contributed by atoms with Gasteiger partial charge in [0.1, 0.15) is 17.7 Å². The molecule has 184 valence electrons. The molecule has 4 aromatic rings. The second kappa shape index (κ2) is 8.58. The average Bonchev–Trinajstić information content (AvgIpc) is 3.36. The Hall–Kier alpha value is -3.57. The van der Waals surface area contributed by atoms with Gasteiger partial charge in [-0.1, -0.05) is 6.07 Å². The van der Waals surface area contributed by atoms with Crippen molar-refractivity contribution in [1.29, 1.82) is 0 Å². The Kier molecular flexibility index (Phi) is 5.68. The highest BCUT2D eigenvalue weighted by Crippen LogP contribution is 2.34. The number of nitrogens with zero attached hydrogens (tertiary/aromatic N) is 6. The number of aliphatic hydroxyl groups is 2. The molecule has 0 saturated carbocycles. The molecule has 0 spiro atoms. The Labute approximate surface area is 202 Å². The molecule has 3 aromatic heterocycles. The molecule has 0 unspecified atom stereocenters. The highest BCUT2D eigenvalue weighted by molar-refractivity contribution is 5.82. The number of nitrogens with one attached hydrogen (secondary N) is 1. The van der Waals surface area contributed by atoms with Crippen LogP contribution in [0.25, 0.3) is 22.2 Å². The van der Waals surface area contributed by atoms with E-state index in [0.29, 0.717) is 17.6 Å². The molecular weight excluding hydrogens is 448 g/mol. The number of aromatic nitrogens is 6. The Balaban J connectivity index is 1.38. The minimum absolute atomic E-state index is 0.101. The number of β-amino-alcohol motifs (C(OH)–C–C–N with tert-alkyl or cyclic N) is 1. The maximum Gasteiger partial charge on any atom is 0.223 e. The summed E-state index contributed by atoms with van der Waals surface area (Å²) in [5.41, 5.74) is 9.63. The predicted molar refractivity (Wildman–Crippen MR) is 130 cm³/mol. The third kappa shape index (κ3) is 4.32. The lowest BCUT2D eigenvalue weighted by Crippen LogP contribution is -2.42. The molecule has 4 heterocycles. The van der Waals surface area contributed by atoms with Crippen LogP contribution in [0.2, 0.25) is 0 Å². The number of hydrogen-bond acceptors (Lipinski definition) is 8. The van der Waals surface area contributed by atoms with Gasteiger partial charge in [-0.25, -0.2) is 19.9 Å². The summed E-state index contributed by atoms with van der Waals surface area (Å²) in [6.45, 7) is 6.04. The van der Waals surface area contributed by atoms with E-state index in [2.05, 4.69) is 31.0 Å². The third-order valence-electron chi connectivity index (χ3n) is 6.81. The number of likely N-dealkylation sites (tertiary alicyclic amines) is 1. The standard InChI is InChI=1S/C24H30N8O3/c1-13-6-14(2)20-16(7-13)29-18(30-20)4-5-19(34)31-9-15(33)8-24(3,35)17(10-31)32-12-28-21-22(25)26-11-27-23(21)32/h6-7,11-12,15,17,33,35H,4-5,8-10H2,1-3H3,(H,29,30)(H2,25,26,27)/t15-,17+,24+/m1/s1. The van der Waals surface area contributed by atoms with E-state index in [1.165, 1.54) is 6.33 Å². The fourth-order valence-corrected chi connectivity index (χ4v) is 5.13. The second-order valence-electron chi connectivity index (χ2n) is 9.77. The smallest absolute Gasteiger partial charge is 0.223 e. The van der Waals surface area contributed by atoms with Gasteiger partial charge in [0.2, 0.25) is 5.91 Å². The quantitative estimate of drug-likeness (QED) is 0.343. The van der Waals surface area contributed by atoms with Crippen molar-refractivity contribution in [2.24, 2.45) is 0 Å². The van der Waals surface area contributed by atoms with E-state index >= 15 is 0 Å². The summed E-state index contributed by atoms with van der Waals surface area (Å²) in [6.07, 6.45) is 2.79. The third-order valence-corrected chi connectivity index (χ3v) is 6.81. The lowest BCUT2D eigenvalue weighted by molar-refractivity contribution is -0.132. The van der Waals surface area contributed by atoms with Crippen molar-refractivity contribution in [3.8, 4) is 0 Å². The molecule has 1 aliphatic heterocycles. The number of nitrogens with two attached hydrogens (primary N) is 1. The van der Waals surface area contributed by atoms with Gasteiger partial charge in [-0.15, -0.1) is 0 Å².